The number of β-lactam (4-membered cyclic amide) rings is 1. The molecule has 1 atom stereocenters. The van der Waals surface area contributed by atoms with Gasteiger partial charge in [-0.3, -0.25) is 14.5 Å². The molecule has 1 N–H and O–H groups in total. The lowest BCUT2D eigenvalue weighted by molar-refractivity contribution is -0.146. The second kappa shape index (κ2) is 4.66. The first kappa shape index (κ1) is 13.2. The fraction of sp³-hybridized carbons (Fsp3) is 0.462. The van der Waals surface area contributed by atoms with E-state index < -0.39 is 5.97 Å². The number of aliphatic carboxylic acids is 1. The van der Waals surface area contributed by atoms with Gasteiger partial charge in [0.25, 0.3) is 0 Å². The molecule has 0 aromatic heterocycles. The second-order valence-corrected chi connectivity index (χ2v) is 6.22. The minimum Gasteiger partial charge on any atom is -0.477 e. The number of thioether (sulfide) groups is 1. The lowest BCUT2D eigenvalue weighted by atomic mass is 10.0. The van der Waals surface area contributed by atoms with Gasteiger partial charge in [0.1, 0.15) is 5.70 Å². The lowest BCUT2D eigenvalue weighted by Gasteiger charge is -2.43. The third kappa shape index (κ3) is 1.93. The van der Waals surface area contributed by atoms with Gasteiger partial charge in [0, 0.05) is 24.9 Å². The van der Waals surface area contributed by atoms with Crippen molar-refractivity contribution < 1.29 is 19.5 Å². The van der Waals surface area contributed by atoms with E-state index in [9.17, 15) is 19.5 Å². The van der Waals surface area contributed by atoms with Crippen molar-refractivity contribution in [3.63, 3.8) is 0 Å². The number of allylic oxidation sites excluding steroid dienone is 1. The Morgan fingerprint density at radius 3 is 2.75 bits per heavy atom. The maximum atomic E-state index is 11.9. The zero-order chi connectivity index (χ0) is 14.4. The van der Waals surface area contributed by atoms with E-state index in [1.807, 2.05) is 0 Å². The molecule has 3 rings (SSSR count). The average Bonchev–Trinajstić information content (AvgIpc) is 2.70. The molecule has 2 fully saturated rings. The third-order valence-corrected chi connectivity index (χ3v) is 5.01. The molecule has 0 aromatic carbocycles. The number of carbonyl (C=O) groups is 3. The number of hydrogen-bond acceptors (Lipinski definition) is 4. The predicted molar refractivity (Wildman–Crippen MR) is 72.7 cm³/mol. The van der Waals surface area contributed by atoms with Crippen LogP contribution in [0.5, 0.6) is 0 Å². The molecule has 20 heavy (non-hydrogen) atoms. The first-order valence-electron chi connectivity index (χ1n) is 6.35. The molecular weight excluding hydrogens is 280 g/mol. The number of likely N-dealkylation sites (tertiary alicyclic amines) is 1. The molecule has 3 aliphatic rings. The smallest absolute Gasteiger partial charge is 0.352 e. The molecule has 0 bridgehead atoms. The minimum absolute atomic E-state index is 0.0415. The fourth-order valence-corrected chi connectivity index (χ4v) is 3.86. The van der Waals surface area contributed by atoms with Crippen molar-refractivity contribution >= 4 is 29.5 Å². The predicted octanol–water partition coefficient (Wildman–Crippen LogP) is 0.419. The van der Waals surface area contributed by atoms with Gasteiger partial charge in [-0.05, 0) is 18.1 Å². The van der Waals surface area contributed by atoms with E-state index in [4.69, 9.17) is 0 Å². The van der Waals surface area contributed by atoms with Crippen molar-refractivity contribution in [2.75, 3.05) is 19.3 Å². The summed E-state index contributed by atoms with van der Waals surface area (Å²) in [6.45, 7) is 0.652. The van der Waals surface area contributed by atoms with Gasteiger partial charge in [0.15, 0.2) is 0 Å². The van der Waals surface area contributed by atoms with Crippen molar-refractivity contribution in [2.24, 2.45) is 0 Å². The van der Waals surface area contributed by atoms with Crippen molar-refractivity contribution in [3.05, 3.63) is 22.9 Å². The first-order chi connectivity index (χ1) is 9.49. The molecule has 3 aliphatic heterocycles. The molecule has 106 valence electrons. The molecular formula is C13H14N2O4S. The van der Waals surface area contributed by atoms with E-state index in [2.05, 4.69) is 0 Å². The van der Waals surface area contributed by atoms with Crippen LogP contribution in [0.25, 0.3) is 0 Å². The van der Waals surface area contributed by atoms with Crippen LogP contribution in [-0.4, -0.2) is 57.4 Å². The summed E-state index contributed by atoms with van der Waals surface area (Å²) in [5, 5.41) is 9.30. The number of carboxylic acids is 1. The number of carboxylic acid groups (broad SMARTS) is 1. The molecule has 6 nitrogen and oxygen atoms in total. The summed E-state index contributed by atoms with van der Waals surface area (Å²) in [6, 6.07) is 0. The highest BCUT2D eigenvalue weighted by Crippen LogP contribution is 2.40. The number of likely N-dealkylation sites (N-methyl/N-ethyl adjacent to an activating group) is 1. The van der Waals surface area contributed by atoms with Gasteiger partial charge in [-0.2, -0.15) is 0 Å². The van der Waals surface area contributed by atoms with Crippen molar-refractivity contribution in [2.45, 2.75) is 18.2 Å². The number of fused-ring (bicyclic) bond motifs is 1. The van der Waals surface area contributed by atoms with Gasteiger partial charge >= 0.3 is 5.97 Å². The van der Waals surface area contributed by atoms with Crippen LogP contribution in [0.3, 0.4) is 0 Å². The van der Waals surface area contributed by atoms with E-state index in [1.165, 1.54) is 4.90 Å². The van der Waals surface area contributed by atoms with Crippen LogP contribution in [-0.2, 0) is 14.4 Å². The molecule has 0 aliphatic carbocycles. The van der Waals surface area contributed by atoms with Crippen LogP contribution in [0.1, 0.15) is 12.8 Å². The maximum absolute atomic E-state index is 11.9. The second-order valence-electron chi connectivity index (χ2n) is 5.06. The molecule has 7 heteroatoms. The van der Waals surface area contributed by atoms with Gasteiger partial charge in [0.2, 0.25) is 11.8 Å². The summed E-state index contributed by atoms with van der Waals surface area (Å²) in [5.74, 6) is -0.806. The zero-order valence-electron chi connectivity index (χ0n) is 11.0. The Kier molecular flexibility index (Phi) is 3.08. The Bertz CT molecular complexity index is 581. The van der Waals surface area contributed by atoms with Crippen LogP contribution in [0.4, 0.5) is 0 Å². The number of rotatable bonds is 2. The van der Waals surface area contributed by atoms with Crippen molar-refractivity contribution in [1.82, 2.24) is 9.80 Å². The van der Waals surface area contributed by atoms with Crippen molar-refractivity contribution in [1.29, 1.82) is 0 Å². The summed E-state index contributed by atoms with van der Waals surface area (Å²) >= 11 is 1.55. The van der Waals surface area contributed by atoms with Gasteiger partial charge < -0.3 is 10.0 Å². The van der Waals surface area contributed by atoms with Gasteiger partial charge in [-0.15, -0.1) is 11.8 Å². The van der Waals surface area contributed by atoms with E-state index >= 15 is 0 Å². The Morgan fingerprint density at radius 1 is 1.45 bits per heavy atom. The maximum Gasteiger partial charge on any atom is 0.352 e. The highest BCUT2D eigenvalue weighted by atomic mass is 32.2. The summed E-state index contributed by atoms with van der Waals surface area (Å²) in [7, 11) is 1.72. The Labute approximate surface area is 120 Å². The molecule has 0 radical (unpaired) electrons. The fourth-order valence-electron chi connectivity index (χ4n) is 2.63. The highest BCUT2D eigenvalue weighted by Gasteiger charge is 2.45. The van der Waals surface area contributed by atoms with E-state index in [-0.39, 0.29) is 22.9 Å². The molecule has 0 spiro atoms. The van der Waals surface area contributed by atoms with Gasteiger partial charge in [0.05, 0.1) is 11.8 Å². The van der Waals surface area contributed by atoms with E-state index in [0.29, 0.717) is 36.3 Å². The summed E-state index contributed by atoms with van der Waals surface area (Å²) in [6.07, 6.45) is 2.67. The molecule has 3 heterocycles. The SMILES string of the molecule is CN1CCC(=CC2=C(C(=O)O)N3C(=O)CC3SC2)C1=O. The molecule has 2 saturated heterocycles. The number of hydrogen-bond donors (Lipinski definition) is 1. The van der Waals surface area contributed by atoms with Crippen LogP contribution >= 0.6 is 11.8 Å². The summed E-state index contributed by atoms with van der Waals surface area (Å²) in [5.41, 5.74) is 1.22. The summed E-state index contributed by atoms with van der Waals surface area (Å²) in [4.78, 5) is 37.9. The van der Waals surface area contributed by atoms with E-state index in [1.54, 1.807) is 29.8 Å². The van der Waals surface area contributed by atoms with Gasteiger partial charge in [-0.25, -0.2) is 4.79 Å². The van der Waals surface area contributed by atoms with Crippen LogP contribution in [0, 0.1) is 0 Å². The Morgan fingerprint density at radius 2 is 2.20 bits per heavy atom. The Hall–Kier alpha value is -1.76. The molecule has 2 amide bonds. The normalized spacial score (nSPS) is 28.1. The molecule has 1 unspecified atom stereocenters. The van der Waals surface area contributed by atoms with Gasteiger partial charge in [-0.1, -0.05) is 0 Å². The topological polar surface area (TPSA) is 77.9 Å². The molecule has 0 saturated carbocycles. The monoisotopic (exact) mass is 294 g/mol. The third-order valence-electron chi connectivity index (χ3n) is 3.77. The quantitative estimate of drug-likeness (QED) is 0.590. The number of carbonyl (C=O) groups excluding carboxylic acids is 2. The van der Waals surface area contributed by atoms with E-state index in [0.717, 1.165) is 0 Å². The molecule has 0 aromatic rings. The lowest BCUT2D eigenvalue weighted by Crippen LogP contribution is -2.53. The van der Waals surface area contributed by atoms with Crippen molar-refractivity contribution in [3.8, 4) is 0 Å². The zero-order valence-corrected chi connectivity index (χ0v) is 11.8. The first-order valence-corrected chi connectivity index (χ1v) is 7.40. The summed E-state index contributed by atoms with van der Waals surface area (Å²) < 4.78 is 0. The van der Waals surface area contributed by atoms with Crippen LogP contribution < -0.4 is 0 Å². The average molecular weight is 294 g/mol. The van der Waals surface area contributed by atoms with Crippen LogP contribution in [0.15, 0.2) is 22.9 Å². The number of amides is 2. The van der Waals surface area contributed by atoms with Crippen LogP contribution in [0.2, 0.25) is 0 Å². The Balaban J connectivity index is 1.99. The largest absolute Gasteiger partial charge is 0.477 e. The minimum atomic E-state index is -1.10. The standard InChI is InChI=1S/C13H14N2O4S/c1-14-3-2-7(12(14)17)4-8-6-20-10-5-9(16)15(10)11(8)13(18)19/h4,10H,2-3,5-6H2,1H3,(H,18,19). The highest BCUT2D eigenvalue weighted by molar-refractivity contribution is 8.00. The number of nitrogens with zero attached hydrogens (tertiary/aromatic N) is 2.